The molecule has 0 N–H and O–H groups in total. The minimum absolute atomic E-state index is 0.881. The summed E-state index contributed by atoms with van der Waals surface area (Å²) in [6, 6.07) is 27.1. The van der Waals surface area contributed by atoms with E-state index in [2.05, 4.69) is 0 Å². The molecule has 0 amide bonds. The lowest BCUT2D eigenvalue weighted by molar-refractivity contribution is 0.597. The van der Waals surface area contributed by atoms with Gasteiger partial charge in [0, 0.05) is 20.4 Å². The molecule has 2 heterocycles. The van der Waals surface area contributed by atoms with Crippen molar-refractivity contribution in [3.8, 4) is 9.75 Å². The summed E-state index contributed by atoms with van der Waals surface area (Å²) in [5.41, 5.74) is 0. The first kappa shape index (κ1) is 17.7. The van der Waals surface area contributed by atoms with Gasteiger partial charge in [0.1, 0.15) is 15.6 Å². The Kier molecular flexibility index (Phi) is 5.38. The molecule has 0 aliphatic rings. The maximum Gasteiger partial charge on any atom is 0.141 e. The fraction of sp³-hybridized carbons (Fsp3) is 0. The van der Waals surface area contributed by atoms with E-state index in [1.807, 2.05) is 84.9 Å². The van der Waals surface area contributed by atoms with E-state index in [-0.39, 0.29) is 0 Å². The second-order valence-electron chi connectivity index (χ2n) is 5.72. The highest BCUT2D eigenvalue weighted by Crippen LogP contribution is 2.35. The highest BCUT2D eigenvalue weighted by atomic mass is 32.1. The molecule has 130 valence electrons. The normalized spacial score (nSPS) is 13.4. The minimum Gasteiger partial charge on any atom is -0.316 e. The Morgan fingerprint density at radius 3 is 1.27 bits per heavy atom. The minimum atomic E-state index is -1.96. The van der Waals surface area contributed by atoms with Crippen molar-refractivity contribution in [2.24, 2.45) is 0 Å². The molecule has 0 saturated heterocycles. The van der Waals surface area contributed by atoms with Gasteiger partial charge in [0.15, 0.2) is 0 Å². The van der Waals surface area contributed by atoms with E-state index in [0.29, 0.717) is 0 Å². The molecule has 4 rings (SSSR count). The van der Waals surface area contributed by atoms with Crippen molar-refractivity contribution in [3.05, 3.63) is 84.9 Å². The van der Waals surface area contributed by atoms with Crippen LogP contribution >= 0.6 is 38.3 Å². The van der Waals surface area contributed by atoms with Gasteiger partial charge in [-0.2, -0.15) is 0 Å². The Balaban J connectivity index is 1.58. The van der Waals surface area contributed by atoms with Crippen LogP contribution in [0.5, 0.6) is 0 Å². The predicted octanol–water partition coefficient (Wildman–Crippen LogP) is 4.50. The van der Waals surface area contributed by atoms with Gasteiger partial charge in [-0.15, -0.1) is 22.7 Å². The first-order valence-electron chi connectivity index (χ1n) is 8.12. The summed E-state index contributed by atoms with van der Waals surface area (Å²) < 4.78 is 27.3. The molecule has 2 aromatic carbocycles. The van der Waals surface area contributed by atoms with Crippen molar-refractivity contribution in [2.45, 2.75) is 0 Å². The second kappa shape index (κ2) is 7.90. The second-order valence-corrected chi connectivity index (χ2v) is 12.2. The molecule has 0 aliphatic heterocycles. The molecule has 2 aromatic heterocycles. The van der Waals surface area contributed by atoms with Crippen molar-refractivity contribution >= 4 is 58.1 Å². The predicted molar refractivity (Wildman–Crippen MR) is 117 cm³/mol. The topological polar surface area (TPSA) is 34.1 Å². The fourth-order valence-corrected chi connectivity index (χ4v) is 8.39. The van der Waals surface area contributed by atoms with Crippen LogP contribution in [0.4, 0.5) is 0 Å². The third-order valence-corrected chi connectivity index (χ3v) is 10.6. The van der Waals surface area contributed by atoms with Crippen LogP contribution in [0.25, 0.3) is 9.75 Å². The molecular formula is C20H16O2P2S2. The first-order valence-corrected chi connectivity index (χ1v) is 12.6. The van der Waals surface area contributed by atoms with Crippen molar-refractivity contribution in [2.75, 3.05) is 0 Å². The van der Waals surface area contributed by atoms with Crippen molar-refractivity contribution in [3.63, 3.8) is 0 Å². The fourth-order valence-electron chi connectivity index (χ4n) is 2.65. The maximum atomic E-state index is 12.7. The number of hydrogen-bond donors (Lipinski definition) is 0. The summed E-state index contributed by atoms with van der Waals surface area (Å²) >= 11 is 3.12. The van der Waals surface area contributed by atoms with Gasteiger partial charge in [-0.3, -0.25) is 0 Å². The molecule has 2 nitrogen and oxygen atoms in total. The van der Waals surface area contributed by atoms with Gasteiger partial charge in [-0.05, 0) is 24.3 Å². The molecule has 6 heteroatoms. The quantitative estimate of drug-likeness (QED) is 0.451. The molecule has 0 spiro atoms. The lowest BCUT2D eigenvalue weighted by Gasteiger charge is -1.99. The van der Waals surface area contributed by atoms with E-state index in [9.17, 15) is 9.13 Å². The number of thiophene rings is 2. The summed E-state index contributed by atoms with van der Waals surface area (Å²) in [6.07, 6.45) is 0. The zero-order valence-electron chi connectivity index (χ0n) is 13.7. The molecule has 4 aromatic rings. The Morgan fingerprint density at radius 1 is 0.500 bits per heavy atom. The van der Waals surface area contributed by atoms with Crippen LogP contribution < -0.4 is 19.8 Å². The van der Waals surface area contributed by atoms with Crippen LogP contribution in [0.15, 0.2) is 84.9 Å². The van der Waals surface area contributed by atoms with E-state index in [1.54, 1.807) is 22.7 Å². The summed E-state index contributed by atoms with van der Waals surface area (Å²) in [6.45, 7) is 0. The number of benzene rings is 2. The van der Waals surface area contributed by atoms with Crippen LogP contribution in [0.2, 0.25) is 0 Å². The van der Waals surface area contributed by atoms with Crippen molar-refractivity contribution in [1.29, 1.82) is 0 Å². The largest absolute Gasteiger partial charge is 0.316 e. The van der Waals surface area contributed by atoms with Gasteiger partial charge >= 0.3 is 0 Å². The lowest BCUT2D eigenvalue weighted by atomic mass is 10.4. The van der Waals surface area contributed by atoms with Gasteiger partial charge in [-0.25, -0.2) is 0 Å². The molecular weight excluding hydrogens is 398 g/mol. The monoisotopic (exact) mass is 414 g/mol. The Labute approximate surface area is 161 Å². The maximum absolute atomic E-state index is 12.7. The zero-order valence-corrected chi connectivity index (χ0v) is 17.3. The summed E-state index contributed by atoms with van der Waals surface area (Å²) in [5, 5.41) is 1.76. The van der Waals surface area contributed by atoms with Gasteiger partial charge < -0.3 is 9.13 Å². The Morgan fingerprint density at radius 2 is 0.885 bits per heavy atom. The molecule has 0 saturated carbocycles. The van der Waals surface area contributed by atoms with E-state index in [0.717, 1.165) is 29.6 Å². The van der Waals surface area contributed by atoms with Crippen molar-refractivity contribution < 1.29 is 9.13 Å². The van der Waals surface area contributed by atoms with Gasteiger partial charge in [0.25, 0.3) is 0 Å². The molecule has 2 unspecified atom stereocenters. The van der Waals surface area contributed by atoms with E-state index < -0.39 is 15.6 Å². The molecule has 0 radical (unpaired) electrons. The Bertz CT molecular complexity index is 982. The molecule has 0 bridgehead atoms. The summed E-state index contributed by atoms with van der Waals surface area (Å²) in [4.78, 5) is 2.15. The molecule has 0 fully saturated rings. The van der Waals surface area contributed by atoms with Gasteiger partial charge in [-0.1, -0.05) is 60.7 Å². The number of rotatable bonds is 5. The zero-order chi connectivity index (χ0) is 17.9. The SMILES string of the molecule is O=[PH](c1ccccc1)c1ccc(-c2ccc([PH](=O)c3ccccc3)s2)s1. The van der Waals surface area contributed by atoms with Crippen LogP contribution in [0.1, 0.15) is 0 Å². The number of hydrogen-bond acceptors (Lipinski definition) is 4. The van der Waals surface area contributed by atoms with Crippen LogP contribution in [-0.4, -0.2) is 0 Å². The average Bonchev–Trinajstić information content (AvgIpc) is 3.38. The van der Waals surface area contributed by atoms with E-state index in [1.165, 1.54) is 0 Å². The van der Waals surface area contributed by atoms with Crippen LogP contribution in [0.3, 0.4) is 0 Å². The smallest absolute Gasteiger partial charge is 0.141 e. The standard InChI is InChI=1S/C20H16O2P2S2/c21-23(15-7-3-1-4-8-15)19-13-11-17(25-19)18-12-14-20(26-18)24(22)16-9-5-2-6-10-16/h1-14,23-24H. The summed E-state index contributed by atoms with van der Waals surface area (Å²) in [7, 11) is -3.93. The third-order valence-electron chi connectivity index (χ3n) is 3.97. The first-order chi connectivity index (χ1) is 12.7. The van der Waals surface area contributed by atoms with Crippen LogP contribution in [-0.2, 0) is 9.13 Å². The molecule has 0 aliphatic carbocycles. The average molecular weight is 414 g/mol. The highest BCUT2D eigenvalue weighted by Gasteiger charge is 2.14. The van der Waals surface area contributed by atoms with Gasteiger partial charge in [0.2, 0.25) is 0 Å². The molecule has 2 atom stereocenters. The van der Waals surface area contributed by atoms with Gasteiger partial charge in [0.05, 0.1) is 9.24 Å². The Hall–Kier alpha value is -1.70. The van der Waals surface area contributed by atoms with Crippen molar-refractivity contribution in [1.82, 2.24) is 0 Å². The van der Waals surface area contributed by atoms with E-state index >= 15 is 0 Å². The highest BCUT2D eigenvalue weighted by molar-refractivity contribution is 7.69. The van der Waals surface area contributed by atoms with E-state index in [4.69, 9.17) is 0 Å². The van der Waals surface area contributed by atoms with Crippen LogP contribution in [0, 0.1) is 0 Å². The lowest BCUT2D eigenvalue weighted by Crippen LogP contribution is -2.01. The molecule has 26 heavy (non-hydrogen) atoms. The summed E-state index contributed by atoms with van der Waals surface area (Å²) in [5.74, 6) is 0. The third kappa shape index (κ3) is 3.70.